The molecular formula is C13H27Cl2N3O. The lowest BCUT2D eigenvalue weighted by molar-refractivity contribution is -0.138. The summed E-state index contributed by atoms with van der Waals surface area (Å²) in [5.74, 6) is 0.661. The van der Waals surface area contributed by atoms with Crippen LogP contribution >= 0.6 is 24.8 Å². The lowest BCUT2D eigenvalue weighted by atomic mass is 9.92. The van der Waals surface area contributed by atoms with Gasteiger partial charge in [-0.1, -0.05) is 6.92 Å². The van der Waals surface area contributed by atoms with E-state index in [4.69, 9.17) is 0 Å². The highest BCUT2D eigenvalue weighted by Crippen LogP contribution is 2.19. The van der Waals surface area contributed by atoms with Crippen LogP contribution in [0.2, 0.25) is 0 Å². The van der Waals surface area contributed by atoms with Crippen LogP contribution < -0.4 is 5.32 Å². The van der Waals surface area contributed by atoms with Gasteiger partial charge in [0.15, 0.2) is 0 Å². The van der Waals surface area contributed by atoms with Crippen molar-refractivity contribution in [1.29, 1.82) is 0 Å². The van der Waals surface area contributed by atoms with E-state index in [1.807, 2.05) is 0 Å². The fourth-order valence-electron chi connectivity index (χ4n) is 2.90. The molecular weight excluding hydrogens is 285 g/mol. The van der Waals surface area contributed by atoms with Crippen LogP contribution in [-0.4, -0.2) is 61.0 Å². The third-order valence-electron chi connectivity index (χ3n) is 4.10. The molecule has 0 bridgehead atoms. The Morgan fingerprint density at radius 2 is 1.84 bits per heavy atom. The van der Waals surface area contributed by atoms with E-state index in [9.17, 15) is 4.79 Å². The second kappa shape index (κ2) is 9.01. The van der Waals surface area contributed by atoms with E-state index < -0.39 is 0 Å². The number of amides is 1. The van der Waals surface area contributed by atoms with Gasteiger partial charge in [0.2, 0.25) is 5.91 Å². The van der Waals surface area contributed by atoms with E-state index in [1.54, 1.807) is 0 Å². The molecule has 0 aromatic rings. The zero-order valence-corrected chi connectivity index (χ0v) is 13.6. The summed E-state index contributed by atoms with van der Waals surface area (Å²) < 4.78 is 0. The molecule has 6 heteroatoms. The van der Waals surface area contributed by atoms with Gasteiger partial charge in [-0.25, -0.2) is 0 Å². The Morgan fingerprint density at radius 3 is 2.37 bits per heavy atom. The van der Waals surface area contributed by atoms with Crippen molar-refractivity contribution in [2.45, 2.75) is 32.7 Å². The number of nitrogens with one attached hydrogen (secondary N) is 1. The van der Waals surface area contributed by atoms with Crippen molar-refractivity contribution in [2.24, 2.45) is 5.92 Å². The first-order valence-corrected chi connectivity index (χ1v) is 6.95. The molecule has 0 aromatic heterocycles. The highest BCUT2D eigenvalue weighted by atomic mass is 35.5. The quantitative estimate of drug-likeness (QED) is 0.837. The van der Waals surface area contributed by atoms with Gasteiger partial charge in [0.1, 0.15) is 0 Å². The van der Waals surface area contributed by atoms with Crippen molar-refractivity contribution in [3.05, 3.63) is 0 Å². The Balaban J connectivity index is 0.00000162. The zero-order chi connectivity index (χ0) is 12.3. The summed E-state index contributed by atoms with van der Waals surface area (Å²) in [6.07, 6.45) is 2.02. The van der Waals surface area contributed by atoms with Crippen LogP contribution in [0.3, 0.4) is 0 Å². The fraction of sp³-hybridized carbons (Fsp3) is 0.923. The van der Waals surface area contributed by atoms with Crippen molar-refractivity contribution in [1.82, 2.24) is 15.1 Å². The maximum atomic E-state index is 12.4. The molecule has 2 fully saturated rings. The van der Waals surface area contributed by atoms with Gasteiger partial charge in [-0.2, -0.15) is 0 Å². The van der Waals surface area contributed by atoms with Gasteiger partial charge in [-0.15, -0.1) is 24.8 Å². The largest absolute Gasteiger partial charge is 0.340 e. The van der Waals surface area contributed by atoms with Gasteiger partial charge in [-0.05, 0) is 32.9 Å². The molecule has 1 N–H and O–H groups in total. The summed E-state index contributed by atoms with van der Waals surface area (Å²) in [4.78, 5) is 16.9. The number of piperidine rings is 1. The molecule has 2 atom stereocenters. The summed E-state index contributed by atoms with van der Waals surface area (Å²) in [6.45, 7) is 10.4. The maximum absolute atomic E-state index is 12.4. The Bertz CT molecular complexity index is 271. The minimum Gasteiger partial charge on any atom is -0.340 e. The van der Waals surface area contributed by atoms with E-state index >= 15 is 0 Å². The molecule has 114 valence electrons. The highest BCUT2D eigenvalue weighted by molar-refractivity contribution is 5.85. The topological polar surface area (TPSA) is 35.6 Å². The van der Waals surface area contributed by atoms with Crippen LogP contribution in [0.15, 0.2) is 0 Å². The van der Waals surface area contributed by atoms with Gasteiger partial charge >= 0.3 is 0 Å². The van der Waals surface area contributed by atoms with Crippen molar-refractivity contribution < 1.29 is 4.79 Å². The fourth-order valence-corrected chi connectivity index (χ4v) is 2.90. The normalized spacial score (nSPS) is 28.2. The van der Waals surface area contributed by atoms with Gasteiger partial charge in [0.05, 0.1) is 0 Å². The molecule has 0 unspecified atom stereocenters. The van der Waals surface area contributed by atoms with Crippen molar-refractivity contribution >= 4 is 30.7 Å². The lowest BCUT2D eigenvalue weighted by Gasteiger charge is -2.37. The van der Waals surface area contributed by atoms with Gasteiger partial charge in [0, 0.05) is 38.1 Å². The molecule has 2 heterocycles. The number of rotatable bonds is 2. The van der Waals surface area contributed by atoms with Crippen LogP contribution in [0.4, 0.5) is 0 Å². The molecule has 0 radical (unpaired) electrons. The number of halogens is 2. The maximum Gasteiger partial charge on any atom is 0.225 e. The Kier molecular flexibility index (Phi) is 8.99. The van der Waals surface area contributed by atoms with E-state index in [0.29, 0.717) is 11.9 Å². The Morgan fingerprint density at radius 1 is 1.21 bits per heavy atom. The smallest absolute Gasteiger partial charge is 0.225 e. The van der Waals surface area contributed by atoms with Crippen LogP contribution in [-0.2, 0) is 4.79 Å². The summed E-state index contributed by atoms with van der Waals surface area (Å²) in [5.41, 5.74) is 0. The van der Waals surface area contributed by atoms with Crippen molar-refractivity contribution in [3.8, 4) is 0 Å². The first-order valence-electron chi connectivity index (χ1n) is 6.95. The van der Waals surface area contributed by atoms with Crippen LogP contribution in [0.5, 0.6) is 0 Å². The van der Waals surface area contributed by atoms with Crippen molar-refractivity contribution in [2.75, 3.05) is 39.3 Å². The van der Waals surface area contributed by atoms with Crippen LogP contribution in [0, 0.1) is 5.92 Å². The highest BCUT2D eigenvalue weighted by Gasteiger charge is 2.29. The molecule has 1 amide bonds. The number of carbonyl (C=O) groups is 1. The van der Waals surface area contributed by atoms with Gasteiger partial charge in [0.25, 0.3) is 0 Å². The average Bonchev–Trinajstić information content (AvgIpc) is 2.38. The standard InChI is InChI=1S/C13H25N3O.2ClH/c1-3-15-6-8-16(9-7-15)13(17)12-4-5-14-11(2)10-12;;/h11-12,14H,3-10H2,1-2H3;2*1H/t11-,12-;;/m0../s1. The summed E-state index contributed by atoms with van der Waals surface area (Å²) in [6, 6.07) is 0.495. The average molecular weight is 312 g/mol. The van der Waals surface area contributed by atoms with Crippen LogP contribution in [0.25, 0.3) is 0 Å². The molecule has 2 aliphatic heterocycles. The number of hydrogen-bond donors (Lipinski definition) is 1. The third kappa shape index (κ3) is 5.10. The molecule has 19 heavy (non-hydrogen) atoms. The SMILES string of the molecule is CCN1CCN(C(=O)[C@H]2CCN[C@@H](C)C2)CC1.Cl.Cl. The molecule has 4 nitrogen and oxygen atoms in total. The number of carbonyl (C=O) groups excluding carboxylic acids is 1. The lowest BCUT2D eigenvalue weighted by Crippen LogP contribution is -2.52. The zero-order valence-electron chi connectivity index (χ0n) is 11.9. The molecule has 2 saturated heterocycles. The second-order valence-electron chi connectivity index (χ2n) is 5.34. The first kappa shape index (κ1) is 19.0. The minimum atomic E-state index is 0. The predicted molar refractivity (Wildman–Crippen MR) is 83.4 cm³/mol. The molecule has 0 aromatic carbocycles. The summed E-state index contributed by atoms with van der Waals surface area (Å²) >= 11 is 0. The summed E-state index contributed by atoms with van der Waals surface area (Å²) in [7, 11) is 0. The Labute approximate surface area is 129 Å². The molecule has 2 aliphatic rings. The number of nitrogens with zero attached hydrogens (tertiary/aromatic N) is 2. The van der Waals surface area contributed by atoms with E-state index in [1.165, 1.54) is 0 Å². The van der Waals surface area contributed by atoms with E-state index in [2.05, 4.69) is 29.0 Å². The van der Waals surface area contributed by atoms with Gasteiger partial charge < -0.3 is 15.1 Å². The van der Waals surface area contributed by atoms with E-state index in [-0.39, 0.29) is 30.7 Å². The molecule has 2 rings (SSSR count). The van der Waals surface area contributed by atoms with Crippen molar-refractivity contribution in [3.63, 3.8) is 0 Å². The van der Waals surface area contributed by atoms with Crippen LogP contribution in [0.1, 0.15) is 26.7 Å². The predicted octanol–water partition coefficient (Wildman–Crippen LogP) is 1.38. The minimum absolute atomic E-state index is 0. The van der Waals surface area contributed by atoms with Gasteiger partial charge in [-0.3, -0.25) is 4.79 Å². The molecule has 0 aliphatic carbocycles. The van der Waals surface area contributed by atoms with E-state index in [0.717, 1.165) is 52.1 Å². The Hall–Kier alpha value is -0.0300. The first-order chi connectivity index (χ1) is 8.20. The monoisotopic (exact) mass is 311 g/mol. The summed E-state index contributed by atoms with van der Waals surface area (Å²) in [5, 5.41) is 3.41. The number of hydrogen-bond acceptors (Lipinski definition) is 3. The number of likely N-dealkylation sites (N-methyl/N-ethyl adjacent to an activating group) is 1. The second-order valence-corrected chi connectivity index (χ2v) is 5.34. The third-order valence-corrected chi connectivity index (χ3v) is 4.10. The molecule has 0 spiro atoms. The number of piperazine rings is 1. The molecule has 0 saturated carbocycles.